The number of carbonyl (C=O) groups excluding carboxylic acids is 2. The van der Waals surface area contributed by atoms with Gasteiger partial charge in [0.25, 0.3) is 11.5 Å². The van der Waals surface area contributed by atoms with Crippen molar-refractivity contribution in [1.29, 1.82) is 0 Å². The maximum atomic E-state index is 13.3. The van der Waals surface area contributed by atoms with Crippen LogP contribution in [0.1, 0.15) is 21.3 Å². The number of nitrogens with two attached hydrogens (primary N) is 1. The summed E-state index contributed by atoms with van der Waals surface area (Å²) in [5.74, 6) is -2.95. The average molecular weight is 580 g/mol. The Morgan fingerprint density at radius 3 is 2.67 bits per heavy atom. The summed E-state index contributed by atoms with van der Waals surface area (Å²) < 4.78 is 71.7. The van der Waals surface area contributed by atoms with Crippen LogP contribution in [0.3, 0.4) is 0 Å². The van der Waals surface area contributed by atoms with E-state index in [1.54, 1.807) is 0 Å². The number of halogens is 2. The Bertz CT molecular complexity index is 2010. The third-order valence-electron chi connectivity index (χ3n) is 5.65. The molecule has 202 valence electrons. The molecule has 0 atom stereocenters. The largest absolute Gasteiger partial charge is 0.506 e. The number of primary amides is 1. The number of fused-ring (bicyclic) bond motifs is 1. The van der Waals surface area contributed by atoms with Crippen molar-refractivity contribution in [3.05, 3.63) is 62.9 Å². The first-order valence-corrected chi connectivity index (χ1v) is 11.7. The molecule has 0 bridgehead atoms. The number of ether oxygens (including phenoxy) is 1. The molecule has 3 aromatic heterocycles. The van der Waals surface area contributed by atoms with Crippen molar-refractivity contribution in [2.75, 3.05) is 36.3 Å². The van der Waals surface area contributed by atoms with Crippen molar-refractivity contribution in [3.63, 3.8) is 0 Å². The Morgan fingerprint density at radius 1 is 1.21 bits per heavy atom. The van der Waals surface area contributed by atoms with Crippen LogP contribution in [-0.4, -0.2) is 62.1 Å². The summed E-state index contributed by atoms with van der Waals surface area (Å²) >= 11 is 12.4. The molecule has 0 spiro atoms. The summed E-state index contributed by atoms with van der Waals surface area (Å²) in [7, 11) is 1.44. The summed E-state index contributed by atoms with van der Waals surface area (Å²) in [5, 5.41) is 12.3. The summed E-state index contributed by atoms with van der Waals surface area (Å²) in [6.45, 7) is -13.8. The Kier molecular flexibility index (Phi) is 4.93. The van der Waals surface area contributed by atoms with Gasteiger partial charge in [0.15, 0.2) is 0 Å². The van der Waals surface area contributed by atoms with E-state index < -0.39 is 61.6 Å². The van der Waals surface area contributed by atoms with E-state index in [1.807, 2.05) is 0 Å². The van der Waals surface area contributed by atoms with Crippen molar-refractivity contribution >= 4 is 57.6 Å². The predicted octanol–water partition coefficient (Wildman–Crippen LogP) is 2.38. The Morgan fingerprint density at radius 2 is 1.95 bits per heavy atom. The van der Waals surface area contributed by atoms with E-state index in [0.29, 0.717) is 0 Å². The number of hydrogen-bond acceptors (Lipinski definition) is 8. The molecule has 1 aromatic carbocycles. The van der Waals surface area contributed by atoms with Crippen LogP contribution in [0.25, 0.3) is 22.2 Å². The maximum absolute atomic E-state index is 13.3. The average Bonchev–Trinajstić information content (AvgIpc) is 3.30. The molecule has 0 radical (unpaired) electrons. The number of aryl methyl sites for hydroxylation is 1. The minimum Gasteiger partial charge on any atom is -0.506 e. The van der Waals surface area contributed by atoms with Crippen LogP contribution in [0.2, 0.25) is 10.0 Å². The SMILES string of the molecule is [2H]C1([2H])OC([2H])([2H])C([2H])([2H])N(c2cc(NC(=O)Cn3cc(-c4cc(Cl)c(O)c(C(N)=O)c4)c4c(=O)n(C)cnc43)c(Cl)cn2)C1([2H])[2H]. The van der Waals surface area contributed by atoms with Gasteiger partial charge in [-0.2, -0.15) is 0 Å². The Hall–Kier alpha value is -4.13. The minimum absolute atomic E-state index is 0.0320. The second kappa shape index (κ2) is 10.6. The lowest BCUT2D eigenvalue weighted by molar-refractivity contribution is -0.116. The fraction of sp³-hybridized carbons (Fsp3) is 0.240. The molecule has 4 N–H and O–H groups in total. The lowest BCUT2D eigenvalue weighted by Crippen LogP contribution is -2.36. The monoisotopic (exact) mass is 579 g/mol. The summed E-state index contributed by atoms with van der Waals surface area (Å²) in [6, 6.07) is 3.45. The zero-order chi connectivity index (χ0) is 35.0. The summed E-state index contributed by atoms with van der Waals surface area (Å²) in [4.78, 5) is 46.7. The van der Waals surface area contributed by atoms with Gasteiger partial charge in [-0.3, -0.25) is 14.4 Å². The first-order valence-electron chi connectivity index (χ1n) is 14.9. The molecule has 0 aliphatic carbocycles. The van der Waals surface area contributed by atoms with Gasteiger partial charge < -0.3 is 34.9 Å². The van der Waals surface area contributed by atoms with Crippen LogP contribution >= 0.6 is 23.2 Å². The topological polar surface area (TPSA) is 158 Å². The zero-order valence-electron chi connectivity index (χ0n) is 27.8. The van der Waals surface area contributed by atoms with Gasteiger partial charge in [-0.1, -0.05) is 23.2 Å². The zero-order valence-corrected chi connectivity index (χ0v) is 21.3. The van der Waals surface area contributed by atoms with Crippen LogP contribution < -0.4 is 21.5 Å². The number of rotatable bonds is 6. The van der Waals surface area contributed by atoms with Gasteiger partial charge in [-0.15, -0.1) is 0 Å². The van der Waals surface area contributed by atoms with Crippen molar-refractivity contribution in [3.8, 4) is 16.9 Å². The second-order valence-electron chi connectivity index (χ2n) is 8.18. The molecular weight excluding hydrogens is 549 g/mol. The number of amides is 2. The molecule has 4 aromatic rings. The second-order valence-corrected chi connectivity index (χ2v) is 9.00. The number of phenols is 1. The molecule has 0 saturated carbocycles. The molecule has 1 aliphatic heterocycles. The molecule has 4 heterocycles. The number of pyridine rings is 1. The van der Waals surface area contributed by atoms with Crippen molar-refractivity contribution < 1.29 is 30.4 Å². The molecule has 0 unspecified atom stereocenters. The smallest absolute Gasteiger partial charge is 0.263 e. The molecule has 1 fully saturated rings. The third-order valence-corrected chi connectivity index (χ3v) is 6.24. The van der Waals surface area contributed by atoms with Crippen molar-refractivity contribution in [1.82, 2.24) is 19.1 Å². The van der Waals surface area contributed by atoms with Crippen LogP contribution in [-0.2, 0) is 23.1 Å². The minimum atomic E-state index is -3.34. The van der Waals surface area contributed by atoms with E-state index in [2.05, 4.69) is 20.0 Å². The number of carbonyl (C=O) groups is 2. The highest BCUT2D eigenvalue weighted by molar-refractivity contribution is 6.34. The van der Waals surface area contributed by atoms with E-state index >= 15 is 0 Å². The van der Waals surface area contributed by atoms with Gasteiger partial charge >= 0.3 is 0 Å². The van der Waals surface area contributed by atoms with E-state index in [1.165, 1.54) is 40.8 Å². The van der Waals surface area contributed by atoms with Crippen LogP contribution in [0.5, 0.6) is 5.75 Å². The Labute approximate surface area is 242 Å². The first-order chi connectivity index (χ1) is 21.6. The van der Waals surface area contributed by atoms with Crippen LogP contribution in [0, 0.1) is 0 Å². The number of nitrogens with one attached hydrogen (secondary N) is 1. The summed E-state index contributed by atoms with van der Waals surface area (Å²) in [5.41, 5.74) is 4.74. The first kappa shape index (κ1) is 18.2. The Balaban J connectivity index is 1.54. The van der Waals surface area contributed by atoms with Gasteiger partial charge in [0.1, 0.15) is 23.8 Å². The number of aromatic hydroxyl groups is 1. The van der Waals surface area contributed by atoms with Gasteiger partial charge in [0.2, 0.25) is 5.91 Å². The normalized spacial score (nSPS) is 21.8. The molecule has 5 rings (SSSR count). The number of aromatic nitrogens is 4. The van der Waals surface area contributed by atoms with E-state index in [4.69, 9.17) is 39.9 Å². The number of benzene rings is 1. The fourth-order valence-corrected chi connectivity index (χ4v) is 4.21. The quantitative estimate of drug-likeness (QED) is 0.314. The molecule has 2 amide bonds. The molecule has 1 saturated heterocycles. The van der Waals surface area contributed by atoms with Crippen LogP contribution in [0.4, 0.5) is 11.5 Å². The molecule has 14 heteroatoms. The van der Waals surface area contributed by atoms with E-state index in [0.717, 1.165) is 12.3 Å². The maximum Gasteiger partial charge on any atom is 0.263 e. The van der Waals surface area contributed by atoms with Gasteiger partial charge in [0.05, 0.1) is 63.3 Å². The summed E-state index contributed by atoms with van der Waals surface area (Å²) in [6.07, 6.45) is 3.53. The highest BCUT2D eigenvalue weighted by Gasteiger charge is 2.22. The van der Waals surface area contributed by atoms with Crippen molar-refractivity contribution in [2.24, 2.45) is 12.8 Å². The van der Waals surface area contributed by atoms with Crippen LogP contribution in [0.15, 0.2) is 41.7 Å². The predicted molar refractivity (Wildman–Crippen MR) is 147 cm³/mol. The molecular formula is C25H23Cl2N7O5. The number of anilines is 2. The van der Waals surface area contributed by atoms with Gasteiger partial charge in [-0.25, -0.2) is 9.97 Å². The highest BCUT2D eigenvalue weighted by atomic mass is 35.5. The fourth-order valence-electron chi connectivity index (χ4n) is 3.84. The van der Waals surface area contributed by atoms with Crippen molar-refractivity contribution in [2.45, 2.75) is 6.54 Å². The number of hydrogen-bond donors (Lipinski definition) is 3. The molecule has 12 nitrogen and oxygen atoms in total. The molecule has 39 heavy (non-hydrogen) atoms. The molecule has 1 aliphatic rings. The van der Waals surface area contributed by atoms with E-state index in [9.17, 15) is 19.5 Å². The lowest BCUT2D eigenvalue weighted by Gasteiger charge is -2.28. The third kappa shape index (κ3) is 5.13. The van der Waals surface area contributed by atoms with Gasteiger partial charge in [0, 0.05) is 37.9 Å². The van der Waals surface area contributed by atoms with Gasteiger partial charge in [-0.05, 0) is 17.7 Å². The standard InChI is InChI=1S/C25H23Cl2N7O5/c1-32-12-30-24-21(25(32)38)15(13-6-14(23(28)37)22(36)16(26)7-13)10-34(24)11-20(35)31-18-8-19(29-9-17(18)27)33-2-4-39-5-3-33/h6-10,12,36H,2-5,11H2,1H3,(H2,28,37)(H,29,31,35)/i2D2,3D2,4D2,5D2. The number of nitrogens with zero attached hydrogens (tertiary/aromatic N) is 5. The van der Waals surface area contributed by atoms with E-state index in [-0.39, 0.29) is 48.4 Å². The lowest BCUT2D eigenvalue weighted by atomic mass is 10.0. The number of morpholine rings is 1. The highest BCUT2D eigenvalue weighted by Crippen LogP contribution is 2.36.